The Labute approximate surface area is 175 Å². The average Bonchev–Trinajstić information content (AvgIpc) is 2.92. The number of para-hydroxylation sites is 1. The number of alkyl halides is 2. The minimum absolute atomic E-state index is 0.0905. The number of methoxy groups -OCH3 is 1. The van der Waals surface area contributed by atoms with E-state index in [9.17, 15) is 8.78 Å². The van der Waals surface area contributed by atoms with Crippen LogP contribution in [0.1, 0.15) is 18.2 Å². The Morgan fingerprint density at radius 3 is 2.74 bits per heavy atom. The second kappa shape index (κ2) is 7.49. The number of fused-ring (bicyclic) bond motifs is 4. The van der Waals surface area contributed by atoms with Crippen LogP contribution in [0.5, 0.6) is 23.0 Å². The Balaban J connectivity index is 1.71. The molecular formula is C20H19F2N5O4. The van der Waals surface area contributed by atoms with E-state index < -0.39 is 12.8 Å². The van der Waals surface area contributed by atoms with Crippen LogP contribution >= 0.6 is 0 Å². The molecule has 11 heteroatoms. The van der Waals surface area contributed by atoms with Crippen molar-refractivity contribution in [2.24, 2.45) is 10.7 Å². The smallest absolute Gasteiger partial charge is 0.387 e. The lowest BCUT2D eigenvalue weighted by molar-refractivity contribution is -0.0520. The molecule has 0 aliphatic carbocycles. The van der Waals surface area contributed by atoms with Gasteiger partial charge in [0.2, 0.25) is 5.95 Å². The first kappa shape index (κ1) is 19.2. The molecule has 1 aromatic heterocycles. The lowest BCUT2D eigenvalue weighted by Crippen LogP contribution is -2.31. The zero-order chi connectivity index (χ0) is 21.5. The number of halogens is 2. The van der Waals surface area contributed by atoms with E-state index in [0.29, 0.717) is 47.3 Å². The van der Waals surface area contributed by atoms with Crippen LogP contribution in [0.25, 0.3) is 11.0 Å². The van der Waals surface area contributed by atoms with Crippen molar-refractivity contribution >= 4 is 22.9 Å². The van der Waals surface area contributed by atoms with Crippen LogP contribution in [0.4, 0.5) is 14.7 Å². The number of nitrogens with two attached hydrogens (primary N) is 1. The molecule has 2 aromatic carbocycles. The number of ether oxygens (including phenoxy) is 4. The van der Waals surface area contributed by atoms with Crippen LogP contribution in [0.3, 0.4) is 0 Å². The van der Waals surface area contributed by atoms with Gasteiger partial charge in [0.05, 0.1) is 31.4 Å². The molecule has 5 rings (SSSR count). The van der Waals surface area contributed by atoms with Gasteiger partial charge in [0, 0.05) is 24.1 Å². The summed E-state index contributed by atoms with van der Waals surface area (Å²) >= 11 is 0. The maximum absolute atomic E-state index is 13.2. The lowest BCUT2D eigenvalue weighted by atomic mass is 10.1. The van der Waals surface area contributed by atoms with E-state index in [1.807, 2.05) is 0 Å². The van der Waals surface area contributed by atoms with E-state index in [4.69, 9.17) is 24.7 Å². The van der Waals surface area contributed by atoms with E-state index in [0.717, 1.165) is 6.42 Å². The van der Waals surface area contributed by atoms with Crippen molar-refractivity contribution in [1.29, 1.82) is 0 Å². The van der Waals surface area contributed by atoms with Crippen molar-refractivity contribution in [3.63, 3.8) is 0 Å². The Morgan fingerprint density at radius 2 is 2.00 bits per heavy atom. The third-order valence-corrected chi connectivity index (χ3v) is 5.02. The van der Waals surface area contributed by atoms with Gasteiger partial charge in [-0.15, -0.1) is 0 Å². The summed E-state index contributed by atoms with van der Waals surface area (Å²) < 4.78 is 49.7. The molecule has 3 N–H and O–H groups in total. The predicted octanol–water partition coefficient (Wildman–Crippen LogP) is 3.09. The van der Waals surface area contributed by atoms with Gasteiger partial charge in [-0.05, 0) is 6.07 Å². The number of hydrogen-bond donors (Lipinski definition) is 2. The van der Waals surface area contributed by atoms with E-state index >= 15 is 0 Å². The third-order valence-electron chi connectivity index (χ3n) is 5.02. The molecule has 1 atom stereocenters. The lowest BCUT2D eigenvalue weighted by Gasteiger charge is -2.26. The Kier molecular flexibility index (Phi) is 4.64. The van der Waals surface area contributed by atoms with Crippen molar-refractivity contribution < 1.29 is 27.7 Å². The molecule has 0 fully saturated rings. The molecule has 0 unspecified atom stereocenters. The van der Waals surface area contributed by atoms with Crippen molar-refractivity contribution in [3.05, 3.63) is 35.9 Å². The number of nitrogens with zero attached hydrogens (tertiary/aromatic N) is 3. The number of hydrogen-bond acceptors (Lipinski definition) is 8. The maximum Gasteiger partial charge on any atom is 0.387 e. The minimum atomic E-state index is -3.04. The quantitative estimate of drug-likeness (QED) is 0.654. The number of guanidine groups is 1. The van der Waals surface area contributed by atoms with Gasteiger partial charge < -0.3 is 24.7 Å². The minimum Gasteiger partial charge on any atom is -0.493 e. The standard InChI is InChI=1S/C20H19F2N5O4/c1-28-13-5-2-4-10(16(13)31-18(21)22)17-25-19(23)26-20-24-11-8-14-15(9-12(11)27(17)20)30-7-3-6-29-14/h2,4-5,8-9,17-18H,3,6-7H2,1H3,(H3,23,24,25,26)/t17-/m1/s1. The Hall–Kier alpha value is -3.76. The molecular weight excluding hydrogens is 412 g/mol. The summed E-state index contributed by atoms with van der Waals surface area (Å²) in [4.78, 5) is 9.03. The molecule has 0 amide bonds. The van der Waals surface area contributed by atoms with Gasteiger partial charge in [0.1, 0.15) is 0 Å². The molecule has 9 nitrogen and oxygen atoms in total. The van der Waals surface area contributed by atoms with Gasteiger partial charge >= 0.3 is 6.61 Å². The van der Waals surface area contributed by atoms with E-state index in [1.165, 1.54) is 13.2 Å². The first-order chi connectivity index (χ1) is 15.0. The molecule has 162 valence electrons. The van der Waals surface area contributed by atoms with Crippen molar-refractivity contribution in [1.82, 2.24) is 9.55 Å². The van der Waals surface area contributed by atoms with Crippen LogP contribution in [0, 0.1) is 0 Å². The van der Waals surface area contributed by atoms with Crippen molar-refractivity contribution in [3.8, 4) is 23.0 Å². The second-order valence-corrected chi connectivity index (χ2v) is 6.91. The van der Waals surface area contributed by atoms with Gasteiger partial charge in [0.25, 0.3) is 0 Å². The highest BCUT2D eigenvalue weighted by Gasteiger charge is 2.30. The molecule has 2 aliphatic heterocycles. The van der Waals surface area contributed by atoms with Crippen LogP contribution in [0.2, 0.25) is 0 Å². The monoisotopic (exact) mass is 431 g/mol. The summed E-state index contributed by atoms with van der Waals surface area (Å²) in [6.07, 6.45) is -0.0596. The molecule has 0 radical (unpaired) electrons. The largest absolute Gasteiger partial charge is 0.493 e. The number of rotatable bonds is 4. The zero-order valence-electron chi connectivity index (χ0n) is 16.5. The first-order valence-electron chi connectivity index (χ1n) is 9.58. The van der Waals surface area contributed by atoms with Crippen molar-refractivity contribution in [2.45, 2.75) is 19.2 Å². The average molecular weight is 431 g/mol. The topological polar surface area (TPSA) is 105 Å². The number of benzene rings is 2. The fourth-order valence-electron chi connectivity index (χ4n) is 3.74. The number of aromatic nitrogens is 2. The summed E-state index contributed by atoms with van der Waals surface area (Å²) in [5.74, 6) is 1.69. The highest BCUT2D eigenvalue weighted by atomic mass is 19.3. The van der Waals surface area contributed by atoms with Crippen LogP contribution in [-0.4, -0.2) is 42.4 Å². The molecule has 3 heterocycles. The van der Waals surface area contributed by atoms with Gasteiger partial charge in [-0.2, -0.15) is 8.78 Å². The molecule has 0 bridgehead atoms. The number of nitrogens with one attached hydrogen (secondary N) is 1. The summed E-state index contributed by atoms with van der Waals surface area (Å²) in [5.41, 5.74) is 7.60. The first-order valence-corrected chi connectivity index (χ1v) is 9.58. The number of imidazole rings is 1. The Morgan fingerprint density at radius 1 is 1.23 bits per heavy atom. The zero-order valence-corrected chi connectivity index (χ0v) is 16.5. The Bertz CT molecular complexity index is 1180. The SMILES string of the molecule is COc1cccc([C@@H]2N=C(N)Nc3nc4cc5c(cc4n32)OCCCO5)c1OC(F)F. The van der Waals surface area contributed by atoms with Gasteiger partial charge in [-0.25, -0.2) is 9.98 Å². The molecule has 0 saturated carbocycles. The fourth-order valence-corrected chi connectivity index (χ4v) is 3.74. The van der Waals surface area contributed by atoms with Crippen LogP contribution < -0.4 is 30.0 Å². The van der Waals surface area contributed by atoms with Crippen LogP contribution in [0.15, 0.2) is 35.3 Å². The molecule has 0 saturated heterocycles. The molecule has 31 heavy (non-hydrogen) atoms. The summed E-state index contributed by atoms with van der Waals surface area (Å²) in [6.45, 7) is -1.98. The molecule has 3 aromatic rings. The van der Waals surface area contributed by atoms with E-state index in [2.05, 4.69) is 15.3 Å². The van der Waals surface area contributed by atoms with Crippen LogP contribution in [-0.2, 0) is 0 Å². The highest BCUT2D eigenvalue weighted by molar-refractivity contribution is 5.95. The molecule has 0 spiro atoms. The normalized spacial score (nSPS) is 17.5. The third kappa shape index (κ3) is 3.31. The van der Waals surface area contributed by atoms with Gasteiger partial charge in [0.15, 0.2) is 35.1 Å². The van der Waals surface area contributed by atoms with Gasteiger partial charge in [-0.3, -0.25) is 9.88 Å². The highest BCUT2D eigenvalue weighted by Crippen LogP contribution is 2.43. The maximum atomic E-state index is 13.2. The van der Waals surface area contributed by atoms with E-state index in [1.54, 1.807) is 28.8 Å². The van der Waals surface area contributed by atoms with Crippen molar-refractivity contribution in [2.75, 3.05) is 25.6 Å². The number of anilines is 1. The summed E-state index contributed by atoms with van der Waals surface area (Å²) in [5, 5.41) is 2.92. The molecule has 2 aliphatic rings. The predicted molar refractivity (Wildman–Crippen MR) is 108 cm³/mol. The number of aliphatic imine (C=N–C) groups is 1. The second-order valence-electron chi connectivity index (χ2n) is 6.91. The summed E-state index contributed by atoms with van der Waals surface area (Å²) in [6, 6.07) is 8.41. The van der Waals surface area contributed by atoms with Gasteiger partial charge in [-0.1, -0.05) is 12.1 Å². The van der Waals surface area contributed by atoms with E-state index in [-0.39, 0.29) is 17.5 Å². The fraction of sp³-hybridized carbons (Fsp3) is 0.300. The summed E-state index contributed by atoms with van der Waals surface area (Å²) in [7, 11) is 1.38.